The highest BCUT2D eigenvalue weighted by molar-refractivity contribution is 6.21. The van der Waals surface area contributed by atoms with Crippen LogP contribution in [0.2, 0.25) is 0 Å². The van der Waals surface area contributed by atoms with E-state index in [1.807, 2.05) is 0 Å². The molecule has 0 bridgehead atoms. The van der Waals surface area contributed by atoms with Crippen molar-refractivity contribution in [3.63, 3.8) is 0 Å². The Labute approximate surface area is 142 Å². The molecular formula is C19H13FN2O3. The Morgan fingerprint density at radius 3 is 2.24 bits per heavy atom. The fourth-order valence-electron chi connectivity index (χ4n) is 2.85. The molecular weight excluding hydrogens is 323 g/mol. The van der Waals surface area contributed by atoms with Crippen molar-refractivity contribution in [2.45, 2.75) is 6.42 Å². The van der Waals surface area contributed by atoms with Gasteiger partial charge in [-0.3, -0.25) is 14.5 Å². The van der Waals surface area contributed by atoms with E-state index >= 15 is 0 Å². The minimum atomic E-state index is -0.321. The quantitative estimate of drug-likeness (QED) is 0.686. The summed E-state index contributed by atoms with van der Waals surface area (Å²) in [6.45, 7) is 0.213. The molecule has 1 aromatic heterocycles. The zero-order valence-corrected chi connectivity index (χ0v) is 13.1. The van der Waals surface area contributed by atoms with E-state index in [0.29, 0.717) is 29.0 Å². The van der Waals surface area contributed by atoms with Crippen LogP contribution < -0.4 is 0 Å². The van der Waals surface area contributed by atoms with Gasteiger partial charge in [0.2, 0.25) is 0 Å². The van der Waals surface area contributed by atoms with Crippen molar-refractivity contribution in [3.05, 3.63) is 77.3 Å². The van der Waals surface area contributed by atoms with E-state index in [-0.39, 0.29) is 24.2 Å². The molecule has 25 heavy (non-hydrogen) atoms. The average molecular weight is 336 g/mol. The number of fused-ring (bicyclic) bond motifs is 1. The second-order valence-corrected chi connectivity index (χ2v) is 5.74. The Bertz CT molecular complexity index is 928. The zero-order valence-electron chi connectivity index (χ0n) is 13.1. The Balaban J connectivity index is 1.47. The Hall–Kier alpha value is -3.28. The molecule has 3 aromatic rings. The van der Waals surface area contributed by atoms with Crippen LogP contribution in [0, 0.1) is 5.82 Å². The lowest BCUT2D eigenvalue weighted by Gasteiger charge is -2.11. The summed E-state index contributed by atoms with van der Waals surface area (Å²) in [6, 6.07) is 14.4. The molecule has 0 saturated carbocycles. The van der Waals surface area contributed by atoms with Crippen LogP contribution >= 0.6 is 0 Å². The van der Waals surface area contributed by atoms with Gasteiger partial charge in [0.25, 0.3) is 11.8 Å². The minimum absolute atomic E-state index is 0.213. The van der Waals surface area contributed by atoms with Crippen molar-refractivity contribution in [2.75, 3.05) is 6.54 Å². The fourth-order valence-corrected chi connectivity index (χ4v) is 2.85. The number of carbonyl (C=O) groups excluding carboxylic acids is 2. The normalized spacial score (nSPS) is 13.4. The van der Waals surface area contributed by atoms with Gasteiger partial charge in [-0.1, -0.05) is 17.3 Å². The molecule has 0 radical (unpaired) electrons. The number of benzene rings is 2. The molecule has 1 aliphatic rings. The first kappa shape index (κ1) is 15.3. The Morgan fingerprint density at radius 2 is 1.60 bits per heavy atom. The number of amides is 2. The number of rotatable bonds is 4. The molecule has 0 aliphatic carbocycles. The van der Waals surface area contributed by atoms with Gasteiger partial charge in [-0.25, -0.2) is 4.39 Å². The molecule has 4 rings (SSSR count). The van der Waals surface area contributed by atoms with Gasteiger partial charge in [0.15, 0.2) is 0 Å². The molecule has 124 valence electrons. The maximum Gasteiger partial charge on any atom is 0.261 e. The summed E-state index contributed by atoms with van der Waals surface area (Å²) in [4.78, 5) is 25.8. The SMILES string of the molecule is O=C1c2ccccc2C(=O)N1CCc1cc(-c2ccc(F)cc2)no1. The van der Waals surface area contributed by atoms with Crippen molar-refractivity contribution in [1.82, 2.24) is 10.1 Å². The van der Waals surface area contributed by atoms with E-state index in [4.69, 9.17) is 4.52 Å². The molecule has 6 heteroatoms. The van der Waals surface area contributed by atoms with E-state index in [0.717, 1.165) is 5.56 Å². The van der Waals surface area contributed by atoms with Crippen LogP contribution in [0.5, 0.6) is 0 Å². The number of nitrogens with zero attached hydrogens (tertiary/aromatic N) is 2. The lowest BCUT2D eigenvalue weighted by Crippen LogP contribution is -2.31. The van der Waals surface area contributed by atoms with Crippen molar-refractivity contribution in [3.8, 4) is 11.3 Å². The summed E-state index contributed by atoms with van der Waals surface area (Å²) in [6.07, 6.45) is 0.361. The number of halogens is 1. The van der Waals surface area contributed by atoms with Gasteiger partial charge < -0.3 is 4.52 Å². The monoisotopic (exact) mass is 336 g/mol. The maximum atomic E-state index is 13.0. The predicted octanol–water partition coefficient (Wildman–Crippen LogP) is 3.32. The summed E-state index contributed by atoms with van der Waals surface area (Å²) in [7, 11) is 0. The van der Waals surface area contributed by atoms with Crippen molar-refractivity contribution < 1.29 is 18.5 Å². The van der Waals surface area contributed by atoms with Crippen LogP contribution in [-0.4, -0.2) is 28.4 Å². The molecule has 1 aliphatic heterocycles. The second-order valence-electron chi connectivity index (χ2n) is 5.74. The number of hydrogen-bond donors (Lipinski definition) is 0. The highest BCUT2D eigenvalue weighted by Gasteiger charge is 2.34. The summed E-state index contributed by atoms with van der Waals surface area (Å²) in [5.74, 6) is -0.355. The largest absolute Gasteiger partial charge is 0.361 e. The standard InChI is InChI=1S/C19H13FN2O3/c20-13-7-5-12(6-8-13)17-11-14(25-21-17)9-10-22-18(23)15-3-1-2-4-16(15)19(22)24/h1-8,11H,9-10H2. The third-order valence-electron chi connectivity index (χ3n) is 4.16. The number of imide groups is 1. The van der Waals surface area contributed by atoms with Crippen LogP contribution in [0.15, 0.2) is 59.1 Å². The van der Waals surface area contributed by atoms with E-state index < -0.39 is 0 Å². The summed E-state index contributed by atoms with van der Waals surface area (Å²) in [5, 5.41) is 3.95. The van der Waals surface area contributed by atoms with Gasteiger partial charge in [-0.2, -0.15) is 0 Å². The molecule has 0 unspecified atom stereocenters. The number of hydrogen-bond acceptors (Lipinski definition) is 4. The third-order valence-corrected chi connectivity index (χ3v) is 4.16. The first-order valence-corrected chi connectivity index (χ1v) is 7.80. The Kier molecular flexibility index (Phi) is 3.65. The van der Waals surface area contributed by atoms with Crippen LogP contribution in [0.3, 0.4) is 0 Å². The molecule has 2 aromatic carbocycles. The van der Waals surface area contributed by atoms with E-state index in [2.05, 4.69) is 5.16 Å². The van der Waals surface area contributed by atoms with Crippen LogP contribution in [0.4, 0.5) is 4.39 Å². The Morgan fingerprint density at radius 1 is 0.960 bits per heavy atom. The molecule has 0 atom stereocenters. The van der Waals surface area contributed by atoms with Gasteiger partial charge in [-0.15, -0.1) is 0 Å². The van der Waals surface area contributed by atoms with Gasteiger partial charge in [0.05, 0.1) is 11.1 Å². The lowest BCUT2D eigenvalue weighted by molar-refractivity contribution is 0.0654. The van der Waals surface area contributed by atoms with Gasteiger partial charge in [0.1, 0.15) is 17.3 Å². The average Bonchev–Trinajstić information content (AvgIpc) is 3.19. The molecule has 2 amide bonds. The minimum Gasteiger partial charge on any atom is -0.361 e. The summed E-state index contributed by atoms with van der Waals surface area (Å²) < 4.78 is 18.2. The molecule has 0 N–H and O–H groups in total. The third kappa shape index (κ3) is 2.71. The van der Waals surface area contributed by atoms with Crippen LogP contribution in [0.1, 0.15) is 26.5 Å². The molecule has 0 spiro atoms. The zero-order chi connectivity index (χ0) is 17.4. The van der Waals surface area contributed by atoms with Gasteiger partial charge in [-0.05, 0) is 36.4 Å². The number of carbonyl (C=O) groups is 2. The van der Waals surface area contributed by atoms with Crippen molar-refractivity contribution in [1.29, 1.82) is 0 Å². The smallest absolute Gasteiger partial charge is 0.261 e. The van der Waals surface area contributed by atoms with Crippen molar-refractivity contribution in [2.24, 2.45) is 0 Å². The van der Waals surface area contributed by atoms with Gasteiger partial charge >= 0.3 is 0 Å². The van der Waals surface area contributed by atoms with Crippen LogP contribution in [-0.2, 0) is 6.42 Å². The molecule has 2 heterocycles. The highest BCUT2D eigenvalue weighted by atomic mass is 19.1. The molecule has 0 saturated heterocycles. The fraction of sp³-hybridized carbons (Fsp3) is 0.105. The highest BCUT2D eigenvalue weighted by Crippen LogP contribution is 2.24. The topological polar surface area (TPSA) is 63.4 Å². The van der Waals surface area contributed by atoms with Crippen molar-refractivity contribution >= 4 is 11.8 Å². The van der Waals surface area contributed by atoms with E-state index in [1.165, 1.54) is 17.0 Å². The molecule has 0 fully saturated rings. The second kappa shape index (κ2) is 5.98. The first-order valence-electron chi connectivity index (χ1n) is 7.80. The van der Waals surface area contributed by atoms with Crippen LogP contribution in [0.25, 0.3) is 11.3 Å². The summed E-state index contributed by atoms with van der Waals surface area (Å²) >= 11 is 0. The molecule has 5 nitrogen and oxygen atoms in total. The van der Waals surface area contributed by atoms with E-state index in [1.54, 1.807) is 42.5 Å². The van der Waals surface area contributed by atoms with E-state index in [9.17, 15) is 14.0 Å². The number of aromatic nitrogens is 1. The summed E-state index contributed by atoms with van der Waals surface area (Å²) in [5.41, 5.74) is 2.17. The van der Waals surface area contributed by atoms with Gasteiger partial charge in [0, 0.05) is 24.6 Å². The maximum absolute atomic E-state index is 13.0. The lowest BCUT2D eigenvalue weighted by atomic mass is 10.1. The predicted molar refractivity (Wildman–Crippen MR) is 87.4 cm³/mol. The first-order chi connectivity index (χ1) is 12.1.